The molecule has 0 bridgehead atoms. The average molecular weight is 572 g/mol. The number of benzene rings is 2. The van der Waals surface area contributed by atoms with Gasteiger partial charge in [0.2, 0.25) is 0 Å². The van der Waals surface area contributed by atoms with E-state index in [-0.39, 0.29) is 24.0 Å². The molecule has 0 fully saturated rings. The Kier molecular flexibility index (Phi) is 14.3. The zero-order valence-electron chi connectivity index (χ0n) is 20.4. The van der Waals surface area contributed by atoms with Crippen molar-refractivity contribution in [3.05, 3.63) is 53.1 Å². The summed E-state index contributed by atoms with van der Waals surface area (Å²) in [5.74, 6) is 3.14. The van der Waals surface area contributed by atoms with Crippen LogP contribution in [0.3, 0.4) is 0 Å². The number of nitrogens with one attached hydrogen (secondary N) is 2. The highest BCUT2D eigenvalue weighted by atomic mass is 127. The van der Waals surface area contributed by atoms with E-state index < -0.39 is 0 Å². The monoisotopic (exact) mass is 571 g/mol. The Morgan fingerprint density at radius 1 is 0.939 bits per heavy atom. The summed E-state index contributed by atoms with van der Waals surface area (Å²) in [5, 5.41) is 6.74. The van der Waals surface area contributed by atoms with Crippen LogP contribution in [0.15, 0.2) is 41.4 Å². The zero-order valence-corrected chi connectivity index (χ0v) is 22.7. The second-order valence-corrected chi connectivity index (χ2v) is 7.30. The van der Waals surface area contributed by atoms with Crippen molar-refractivity contribution in [2.75, 3.05) is 47.6 Å². The number of methoxy groups -OCH3 is 2. The smallest absolute Gasteiger partial charge is 0.191 e. The summed E-state index contributed by atoms with van der Waals surface area (Å²) in [5.41, 5.74) is 3.46. The molecule has 0 radical (unpaired) electrons. The second-order valence-electron chi connectivity index (χ2n) is 7.30. The fraction of sp³-hybridized carbons (Fsp3) is 0.480. The van der Waals surface area contributed by atoms with Gasteiger partial charge in [0.15, 0.2) is 17.5 Å². The van der Waals surface area contributed by atoms with Gasteiger partial charge in [-0.2, -0.15) is 0 Å². The quantitative estimate of drug-likeness (QED) is 0.161. The minimum absolute atomic E-state index is 0. The maximum atomic E-state index is 5.92. The molecule has 0 aromatic heterocycles. The summed E-state index contributed by atoms with van der Waals surface area (Å²) in [7, 11) is 5.08. The molecule has 2 rings (SSSR count). The number of nitrogens with zero attached hydrogens (tertiary/aromatic N) is 1. The lowest BCUT2D eigenvalue weighted by Gasteiger charge is -2.16. The largest absolute Gasteiger partial charge is 0.493 e. The molecule has 2 aromatic rings. The lowest BCUT2D eigenvalue weighted by molar-refractivity contribution is 0.110. The van der Waals surface area contributed by atoms with E-state index in [9.17, 15) is 0 Å². The van der Waals surface area contributed by atoms with E-state index in [1.54, 1.807) is 21.3 Å². The van der Waals surface area contributed by atoms with Crippen molar-refractivity contribution in [2.24, 2.45) is 4.99 Å². The summed E-state index contributed by atoms with van der Waals surface area (Å²) in [6, 6.07) is 12.3. The average Bonchev–Trinajstić information content (AvgIpc) is 2.82. The van der Waals surface area contributed by atoms with E-state index in [4.69, 9.17) is 18.9 Å². The van der Waals surface area contributed by atoms with Crippen molar-refractivity contribution in [1.82, 2.24) is 10.6 Å². The van der Waals surface area contributed by atoms with Crippen LogP contribution >= 0.6 is 24.0 Å². The number of hydrogen-bond acceptors (Lipinski definition) is 5. The van der Waals surface area contributed by atoms with E-state index >= 15 is 0 Å². The number of aliphatic imine (C=N–C) groups is 1. The zero-order chi connectivity index (χ0) is 23.2. The van der Waals surface area contributed by atoms with Gasteiger partial charge in [-0.1, -0.05) is 18.2 Å². The minimum atomic E-state index is 0. The predicted molar refractivity (Wildman–Crippen MR) is 145 cm³/mol. The molecule has 0 atom stereocenters. The predicted octanol–water partition coefficient (Wildman–Crippen LogP) is 4.34. The van der Waals surface area contributed by atoms with Crippen LogP contribution in [0.25, 0.3) is 0 Å². The van der Waals surface area contributed by atoms with Crippen LogP contribution in [0.5, 0.6) is 17.2 Å². The van der Waals surface area contributed by atoms with Crippen molar-refractivity contribution < 1.29 is 18.9 Å². The molecule has 0 aliphatic heterocycles. The summed E-state index contributed by atoms with van der Waals surface area (Å²) in [6.45, 7) is 7.28. The third-order valence-electron chi connectivity index (χ3n) is 4.96. The highest BCUT2D eigenvalue weighted by Gasteiger charge is 2.07. The lowest BCUT2D eigenvalue weighted by atomic mass is 10.1. The first-order valence-corrected chi connectivity index (χ1v) is 11.1. The first-order chi connectivity index (χ1) is 15.6. The van der Waals surface area contributed by atoms with Gasteiger partial charge in [0.1, 0.15) is 12.4 Å². The van der Waals surface area contributed by atoms with Gasteiger partial charge in [0.25, 0.3) is 0 Å². The fourth-order valence-electron chi connectivity index (χ4n) is 3.23. The third-order valence-corrected chi connectivity index (χ3v) is 4.96. The topological polar surface area (TPSA) is 73.3 Å². The Morgan fingerprint density at radius 2 is 1.73 bits per heavy atom. The van der Waals surface area contributed by atoms with Crippen LogP contribution in [-0.2, 0) is 17.7 Å². The van der Waals surface area contributed by atoms with Gasteiger partial charge in [-0.15, -0.1) is 24.0 Å². The highest BCUT2D eigenvalue weighted by Crippen LogP contribution is 2.27. The molecule has 0 saturated heterocycles. The van der Waals surface area contributed by atoms with Crippen molar-refractivity contribution in [1.29, 1.82) is 0 Å². The van der Waals surface area contributed by atoms with E-state index in [0.29, 0.717) is 26.4 Å². The number of hydrogen-bond donors (Lipinski definition) is 2. The highest BCUT2D eigenvalue weighted by molar-refractivity contribution is 14.0. The van der Waals surface area contributed by atoms with Crippen LogP contribution < -0.4 is 24.8 Å². The Morgan fingerprint density at radius 3 is 2.42 bits per heavy atom. The number of ether oxygens (including phenoxy) is 4. The molecule has 0 aliphatic carbocycles. The molecular weight excluding hydrogens is 533 g/mol. The van der Waals surface area contributed by atoms with Gasteiger partial charge in [-0.3, -0.25) is 4.99 Å². The molecular formula is C25H38IN3O4. The van der Waals surface area contributed by atoms with E-state index in [1.807, 2.05) is 19.1 Å². The molecule has 2 aromatic carbocycles. The van der Waals surface area contributed by atoms with Gasteiger partial charge < -0.3 is 29.6 Å². The minimum Gasteiger partial charge on any atom is -0.493 e. The van der Waals surface area contributed by atoms with Crippen molar-refractivity contribution >= 4 is 29.9 Å². The van der Waals surface area contributed by atoms with Gasteiger partial charge in [0, 0.05) is 32.3 Å². The van der Waals surface area contributed by atoms with Crippen LogP contribution in [-0.4, -0.2) is 53.6 Å². The molecule has 0 amide bonds. The van der Waals surface area contributed by atoms with Crippen molar-refractivity contribution in [3.8, 4) is 17.2 Å². The number of rotatable bonds is 13. The van der Waals surface area contributed by atoms with Gasteiger partial charge in [-0.25, -0.2) is 0 Å². The molecule has 0 unspecified atom stereocenters. The van der Waals surface area contributed by atoms with Crippen LogP contribution in [0.2, 0.25) is 0 Å². The summed E-state index contributed by atoms with van der Waals surface area (Å²) in [4.78, 5) is 4.33. The molecule has 8 heteroatoms. The molecule has 184 valence electrons. The molecule has 0 aliphatic rings. The Bertz CT molecular complexity index is 862. The van der Waals surface area contributed by atoms with Gasteiger partial charge >= 0.3 is 0 Å². The Balaban J connectivity index is 0.00000544. The normalized spacial score (nSPS) is 10.9. The van der Waals surface area contributed by atoms with Crippen LogP contribution in [0.1, 0.15) is 30.0 Å². The van der Waals surface area contributed by atoms with E-state index in [0.717, 1.165) is 53.7 Å². The van der Waals surface area contributed by atoms with Crippen LogP contribution in [0.4, 0.5) is 0 Å². The number of halogens is 1. The second kappa shape index (κ2) is 16.4. The summed E-state index contributed by atoms with van der Waals surface area (Å²) < 4.78 is 22.0. The van der Waals surface area contributed by atoms with Crippen molar-refractivity contribution in [2.45, 2.75) is 33.2 Å². The first-order valence-electron chi connectivity index (χ1n) is 11.1. The fourth-order valence-corrected chi connectivity index (χ4v) is 3.23. The number of aryl methyl sites for hydroxylation is 2. The SMILES string of the molecule is CCOCCOc1cc(C)ccc1CNC(=NC)NCCCc1ccc(OC)c(OC)c1.I. The standard InChI is InChI=1S/C25H37N3O4.HI/c1-6-31-14-15-32-23-16-19(2)9-11-21(23)18-28-25(26-3)27-13-7-8-20-10-12-22(29-4)24(17-20)30-5;/h9-12,16-17H,6-8,13-15,18H2,1-5H3,(H2,26,27,28);1H. The molecule has 7 nitrogen and oxygen atoms in total. The maximum Gasteiger partial charge on any atom is 0.191 e. The summed E-state index contributed by atoms with van der Waals surface area (Å²) in [6.07, 6.45) is 1.90. The molecule has 0 saturated carbocycles. The lowest BCUT2D eigenvalue weighted by Crippen LogP contribution is -2.37. The van der Waals surface area contributed by atoms with E-state index in [1.165, 1.54) is 5.56 Å². The Hall–Kier alpha value is -2.20. The third kappa shape index (κ3) is 10.1. The van der Waals surface area contributed by atoms with Gasteiger partial charge in [-0.05, 0) is 56.0 Å². The number of guanidine groups is 1. The summed E-state index contributed by atoms with van der Waals surface area (Å²) >= 11 is 0. The molecule has 0 spiro atoms. The Labute approximate surface area is 215 Å². The van der Waals surface area contributed by atoms with Crippen molar-refractivity contribution in [3.63, 3.8) is 0 Å². The molecule has 2 N–H and O–H groups in total. The maximum absolute atomic E-state index is 5.92. The molecule has 33 heavy (non-hydrogen) atoms. The molecule has 0 heterocycles. The van der Waals surface area contributed by atoms with Crippen LogP contribution in [0, 0.1) is 6.92 Å². The van der Waals surface area contributed by atoms with E-state index in [2.05, 4.69) is 46.8 Å². The first kappa shape index (κ1) is 28.8. The van der Waals surface area contributed by atoms with Gasteiger partial charge in [0.05, 0.1) is 20.8 Å².